The quantitative estimate of drug-likeness (QED) is 0.270. The van der Waals surface area contributed by atoms with Crippen LogP contribution >= 0.6 is 0 Å². The van der Waals surface area contributed by atoms with Crippen LogP contribution in [-0.4, -0.2) is 0 Å². The fourth-order valence-corrected chi connectivity index (χ4v) is 3.57. The molecule has 2 N–H and O–H groups in total. The van der Waals surface area contributed by atoms with Gasteiger partial charge >= 0.3 is 6.18 Å². The zero-order valence-corrected chi connectivity index (χ0v) is 16.6. The maximum absolute atomic E-state index is 13.4. The van der Waals surface area contributed by atoms with Gasteiger partial charge in [-0.1, -0.05) is 84.9 Å². The van der Waals surface area contributed by atoms with E-state index in [0.717, 1.165) is 34.4 Å². The molecule has 31 heavy (non-hydrogen) atoms. The summed E-state index contributed by atoms with van der Waals surface area (Å²) >= 11 is 0. The van der Waals surface area contributed by atoms with Crippen molar-refractivity contribution in [1.29, 1.82) is 0 Å². The van der Waals surface area contributed by atoms with E-state index in [2.05, 4.69) is 0 Å². The highest BCUT2D eigenvalue weighted by Gasteiger charge is 2.31. The molecule has 4 heteroatoms. The molecule has 0 aliphatic heterocycles. The fourth-order valence-electron chi connectivity index (χ4n) is 3.57. The van der Waals surface area contributed by atoms with Gasteiger partial charge in [0.25, 0.3) is 0 Å². The molecule has 1 nitrogen and oxygen atoms in total. The standard InChI is InChI=1S/C27H20F3N/c28-27(29,30)21-15-16-26(31)25(18-21)23-14-8-7-13-22(23)24(20-11-5-2-6-12-20)17-19-9-3-1-4-10-19/h1-18H,31H2/b24-17+. The Morgan fingerprint density at radius 2 is 1.29 bits per heavy atom. The maximum atomic E-state index is 13.4. The summed E-state index contributed by atoms with van der Waals surface area (Å²) in [5.74, 6) is 0. The second-order valence-electron chi connectivity index (χ2n) is 7.18. The molecule has 0 saturated heterocycles. The average Bonchev–Trinajstić information content (AvgIpc) is 2.78. The summed E-state index contributed by atoms with van der Waals surface area (Å²) < 4.78 is 40.1. The van der Waals surface area contributed by atoms with Gasteiger partial charge in [-0.15, -0.1) is 0 Å². The molecule has 0 fully saturated rings. The Hall–Kier alpha value is -3.79. The van der Waals surface area contributed by atoms with Crippen LogP contribution in [0.15, 0.2) is 103 Å². The molecule has 154 valence electrons. The highest BCUT2D eigenvalue weighted by molar-refractivity contribution is 5.98. The molecule has 0 atom stereocenters. The molecule has 4 aromatic carbocycles. The van der Waals surface area contributed by atoms with Gasteiger partial charge in [0.15, 0.2) is 0 Å². The third kappa shape index (κ3) is 4.53. The summed E-state index contributed by atoms with van der Waals surface area (Å²) in [4.78, 5) is 0. The van der Waals surface area contributed by atoms with Gasteiger partial charge in [-0.05, 0) is 52.1 Å². The molecule has 0 unspecified atom stereocenters. The minimum absolute atomic E-state index is 0.299. The molecule has 0 saturated carbocycles. The summed E-state index contributed by atoms with van der Waals surface area (Å²) in [5.41, 5.74) is 10.4. The van der Waals surface area contributed by atoms with Crippen molar-refractivity contribution in [3.63, 3.8) is 0 Å². The zero-order valence-electron chi connectivity index (χ0n) is 16.6. The Balaban J connectivity index is 1.95. The van der Waals surface area contributed by atoms with Crippen LogP contribution in [0.5, 0.6) is 0 Å². The number of nitrogen functional groups attached to an aromatic ring is 1. The lowest BCUT2D eigenvalue weighted by Crippen LogP contribution is -2.06. The molecule has 0 amide bonds. The Morgan fingerprint density at radius 3 is 1.97 bits per heavy atom. The van der Waals surface area contributed by atoms with Crippen molar-refractivity contribution in [2.24, 2.45) is 0 Å². The smallest absolute Gasteiger partial charge is 0.398 e. The van der Waals surface area contributed by atoms with Crippen molar-refractivity contribution in [1.82, 2.24) is 0 Å². The van der Waals surface area contributed by atoms with Crippen molar-refractivity contribution >= 4 is 17.3 Å². The van der Waals surface area contributed by atoms with E-state index in [9.17, 15) is 13.2 Å². The number of hydrogen-bond acceptors (Lipinski definition) is 1. The highest BCUT2D eigenvalue weighted by atomic mass is 19.4. The van der Waals surface area contributed by atoms with E-state index in [1.807, 2.05) is 91.0 Å². The molecular weight excluding hydrogens is 395 g/mol. The molecule has 0 aliphatic rings. The SMILES string of the molecule is Nc1ccc(C(F)(F)F)cc1-c1ccccc1/C(=C/c1ccccc1)c1ccccc1. The number of hydrogen-bond donors (Lipinski definition) is 1. The Bertz CT molecular complexity index is 1210. The second-order valence-corrected chi connectivity index (χ2v) is 7.18. The first-order valence-electron chi connectivity index (χ1n) is 9.82. The van der Waals surface area contributed by atoms with Crippen LogP contribution in [-0.2, 0) is 6.18 Å². The van der Waals surface area contributed by atoms with Gasteiger partial charge in [0, 0.05) is 11.3 Å². The molecule has 0 heterocycles. The van der Waals surface area contributed by atoms with E-state index >= 15 is 0 Å². The Kier molecular flexibility index (Phi) is 5.63. The first kappa shape index (κ1) is 20.5. The number of halogens is 3. The molecule has 0 radical (unpaired) electrons. The number of anilines is 1. The Morgan fingerprint density at radius 1 is 0.677 bits per heavy atom. The van der Waals surface area contributed by atoms with Crippen LogP contribution in [0.25, 0.3) is 22.8 Å². The molecule has 4 rings (SSSR count). The van der Waals surface area contributed by atoms with Crippen molar-refractivity contribution < 1.29 is 13.2 Å². The van der Waals surface area contributed by atoms with Crippen LogP contribution in [0.2, 0.25) is 0 Å². The molecular formula is C27H20F3N. The first-order valence-corrected chi connectivity index (χ1v) is 9.82. The molecule has 0 aliphatic carbocycles. The van der Waals surface area contributed by atoms with Crippen LogP contribution < -0.4 is 5.73 Å². The molecule has 0 aromatic heterocycles. The second kappa shape index (κ2) is 8.52. The molecule has 4 aromatic rings. The van der Waals surface area contributed by atoms with E-state index in [0.29, 0.717) is 16.8 Å². The number of rotatable bonds is 4. The van der Waals surface area contributed by atoms with E-state index in [1.165, 1.54) is 6.07 Å². The van der Waals surface area contributed by atoms with Crippen LogP contribution in [0.4, 0.5) is 18.9 Å². The normalized spacial score (nSPS) is 12.0. The minimum Gasteiger partial charge on any atom is -0.398 e. The predicted molar refractivity (Wildman–Crippen MR) is 121 cm³/mol. The van der Waals surface area contributed by atoms with E-state index < -0.39 is 11.7 Å². The summed E-state index contributed by atoms with van der Waals surface area (Å²) in [5, 5.41) is 0. The summed E-state index contributed by atoms with van der Waals surface area (Å²) in [6.45, 7) is 0. The monoisotopic (exact) mass is 415 g/mol. The summed E-state index contributed by atoms with van der Waals surface area (Å²) in [6.07, 6.45) is -2.41. The van der Waals surface area contributed by atoms with Gasteiger partial charge in [-0.25, -0.2) is 0 Å². The van der Waals surface area contributed by atoms with E-state index in [1.54, 1.807) is 0 Å². The van der Waals surface area contributed by atoms with Crippen molar-refractivity contribution in [3.05, 3.63) is 125 Å². The van der Waals surface area contributed by atoms with Crippen molar-refractivity contribution in [3.8, 4) is 11.1 Å². The molecule has 0 bridgehead atoms. The zero-order chi connectivity index (χ0) is 21.8. The predicted octanol–water partition coefficient (Wildman–Crippen LogP) is 7.54. The van der Waals surface area contributed by atoms with Crippen LogP contribution in [0.1, 0.15) is 22.3 Å². The van der Waals surface area contributed by atoms with E-state index in [4.69, 9.17) is 5.73 Å². The van der Waals surface area contributed by atoms with E-state index in [-0.39, 0.29) is 0 Å². The largest absolute Gasteiger partial charge is 0.416 e. The third-order valence-corrected chi connectivity index (χ3v) is 5.08. The van der Waals surface area contributed by atoms with Crippen LogP contribution in [0, 0.1) is 0 Å². The fraction of sp³-hybridized carbons (Fsp3) is 0.0370. The minimum atomic E-state index is -4.44. The molecule has 0 spiro atoms. The van der Waals surface area contributed by atoms with Gasteiger partial charge in [0.2, 0.25) is 0 Å². The number of nitrogens with two attached hydrogens (primary N) is 1. The van der Waals surface area contributed by atoms with Crippen molar-refractivity contribution in [2.45, 2.75) is 6.18 Å². The Labute approximate surface area is 179 Å². The summed E-state index contributed by atoms with van der Waals surface area (Å²) in [7, 11) is 0. The van der Waals surface area contributed by atoms with Gasteiger partial charge in [0.1, 0.15) is 0 Å². The van der Waals surface area contributed by atoms with Crippen LogP contribution in [0.3, 0.4) is 0 Å². The van der Waals surface area contributed by atoms with Gasteiger partial charge < -0.3 is 5.73 Å². The van der Waals surface area contributed by atoms with Crippen molar-refractivity contribution in [2.75, 3.05) is 5.73 Å². The van der Waals surface area contributed by atoms with Gasteiger partial charge in [0.05, 0.1) is 5.56 Å². The first-order chi connectivity index (χ1) is 14.9. The average molecular weight is 415 g/mol. The van der Waals surface area contributed by atoms with Gasteiger partial charge in [-0.2, -0.15) is 13.2 Å². The summed E-state index contributed by atoms with van der Waals surface area (Å²) in [6, 6.07) is 30.5. The van der Waals surface area contributed by atoms with Gasteiger partial charge in [-0.3, -0.25) is 0 Å². The highest BCUT2D eigenvalue weighted by Crippen LogP contribution is 2.39. The topological polar surface area (TPSA) is 26.0 Å². The number of benzene rings is 4. The lowest BCUT2D eigenvalue weighted by Gasteiger charge is -2.17. The lowest BCUT2D eigenvalue weighted by molar-refractivity contribution is -0.137. The lowest BCUT2D eigenvalue weighted by atomic mass is 9.88. The third-order valence-electron chi connectivity index (χ3n) is 5.08. The number of alkyl halides is 3. The maximum Gasteiger partial charge on any atom is 0.416 e.